The summed E-state index contributed by atoms with van der Waals surface area (Å²) >= 11 is 0. The van der Waals surface area contributed by atoms with Crippen LogP contribution in [0.4, 0.5) is 19.1 Å². The minimum Gasteiger partial charge on any atom is -0.478 e. The number of carbonyl (C=O) groups is 1. The summed E-state index contributed by atoms with van der Waals surface area (Å²) in [6, 6.07) is 10.1. The van der Waals surface area contributed by atoms with E-state index in [2.05, 4.69) is 14.7 Å². The molecule has 37 heavy (non-hydrogen) atoms. The van der Waals surface area contributed by atoms with Crippen molar-refractivity contribution in [2.75, 3.05) is 11.3 Å². The van der Waals surface area contributed by atoms with Crippen LogP contribution in [-0.4, -0.2) is 48.3 Å². The predicted octanol–water partition coefficient (Wildman–Crippen LogP) is 4.34. The van der Waals surface area contributed by atoms with Crippen molar-refractivity contribution in [1.82, 2.24) is 9.97 Å². The quantitative estimate of drug-likeness (QED) is 0.350. The number of sulfonamides is 1. The maximum absolute atomic E-state index is 12.9. The molecule has 0 spiro atoms. The monoisotopic (exact) mass is 560 g/mol. The zero-order chi connectivity index (χ0) is 26.7. The molecule has 0 saturated heterocycles. The third kappa shape index (κ3) is 8.03. The van der Waals surface area contributed by atoms with Crippen molar-refractivity contribution in [3.05, 3.63) is 65.2 Å². The lowest BCUT2D eigenvalue weighted by molar-refractivity contribution is -0.139. The van der Waals surface area contributed by atoms with Crippen molar-refractivity contribution in [3.8, 4) is 17.1 Å². The van der Waals surface area contributed by atoms with Gasteiger partial charge in [0, 0.05) is 17.7 Å². The minimum absolute atomic E-state index is 0. The summed E-state index contributed by atoms with van der Waals surface area (Å²) in [4.78, 5) is 19.1. The number of hydrogen-bond acceptors (Lipinski definition) is 7. The van der Waals surface area contributed by atoms with Gasteiger partial charge in [-0.05, 0) is 43.2 Å². The van der Waals surface area contributed by atoms with Crippen LogP contribution in [0.15, 0.2) is 53.4 Å². The molecule has 2 aromatic carbocycles. The Morgan fingerprint density at radius 2 is 1.73 bits per heavy atom. The van der Waals surface area contributed by atoms with Gasteiger partial charge in [-0.3, -0.25) is 0 Å². The lowest BCUT2D eigenvalue weighted by Crippen LogP contribution is -2.33. The van der Waals surface area contributed by atoms with E-state index in [4.69, 9.17) is 15.6 Å². The molecule has 0 aliphatic rings. The van der Waals surface area contributed by atoms with Crippen molar-refractivity contribution in [2.45, 2.75) is 37.4 Å². The van der Waals surface area contributed by atoms with Crippen molar-refractivity contribution in [3.63, 3.8) is 0 Å². The first-order valence-electron chi connectivity index (χ1n) is 10.5. The number of nitrogens with two attached hydrogens (primary N) is 1. The van der Waals surface area contributed by atoms with E-state index in [9.17, 15) is 26.4 Å². The van der Waals surface area contributed by atoms with Gasteiger partial charge in [-0.1, -0.05) is 24.3 Å². The summed E-state index contributed by atoms with van der Waals surface area (Å²) in [5.41, 5.74) is 7.78. The second-order valence-corrected chi connectivity index (χ2v) is 9.69. The molecule has 0 radical (unpaired) electrons. The standard InChI is InChI=1S/C23H23F3N4O5S.ClH/c1-13-5-3-6-14(2)20(13)18-10-19(35-12-16(27)11-23(24,25)26)29-22(28-18)30-36(33,34)17-8-4-7-15(9-17)21(31)32;/h3-10,16H,11-12,27H2,1-2H3,(H,31,32)(H,28,29,30);1H. The van der Waals surface area contributed by atoms with E-state index in [1.54, 1.807) is 0 Å². The SMILES string of the molecule is Cc1cccc(C)c1-c1cc(OCC(N)CC(F)(F)F)nc(NS(=O)(=O)c2cccc(C(=O)O)c2)n1.Cl. The smallest absolute Gasteiger partial charge is 0.390 e. The Balaban J connectivity index is 0.00000481. The van der Waals surface area contributed by atoms with E-state index in [-0.39, 0.29) is 34.4 Å². The minimum atomic E-state index is -4.48. The first-order valence-corrected chi connectivity index (χ1v) is 12.0. The molecule has 0 amide bonds. The zero-order valence-corrected chi connectivity index (χ0v) is 21.2. The second kappa shape index (κ2) is 11.8. The van der Waals surface area contributed by atoms with Crippen molar-refractivity contribution < 1.29 is 36.2 Å². The van der Waals surface area contributed by atoms with Gasteiger partial charge in [0.15, 0.2) is 0 Å². The largest absolute Gasteiger partial charge is 0.478 e. The van der Waals surface area contributed by atoms with E-state index < -0.39 is 47.2 Å². The predicted molar refractivity (Wildman–Crippen MR) is 133 cm³/mol. The fourth-order valence-corrected chi connectivity index (χ4v) is 4.40. The Kier molecular flexibility index (Phi) is 9.47. The van der Waals surface area contributed by atoms with Crippen LogP contribution in [0.3, 0.4) is 0 Å². The lowest BCUT2D eigenvalue weighted by atomic mass is 10.00. The highest BCUT2D eigenvalue weighted by Gasteiger charge is 2.30. The Bertz CT molecular complexity index is 1370. The third-order valence-electron chi connectivity index (χ3n) is 5.00. The molecule has 1 unspecified atom stereocenters. The number of halogens is 4. The Hall–Kier alpha value is -3.42. The van der Waals surface area contributed by atoms with Crippen LogP contribution in [0.2, 0.25) is 0 Å². The van der Waals surface area contributed by atoms with Gasteiger partial charge in [-0.2, -0.15) is 18.2 Å². The molecular formula is C23H24ClF3N4O5S. The van der Waals surface area contributed by atoms with Crippen molar-refractivity contribution in [1.29, 1.82) is 0 Å². The number of nitrogens with zero attached hydrogens (tertiary/aromatic N) is 2. The topological polar surface area (TPSA) is 144 Å². The Morgan fingerprint density at radius 1 is 1.11 bits per heavy atom. The number of carboxylic acid groups (broad SMARTS) is 1. The zero-order valence-electron chi connectivity index (χ0n) is 19.6. The normalized spacial score (nSPS) is 12.4. The van der Waals surface area contributed by atoms with Gasteiger partial charge in [0.05, 0.1) is 22.6 Å². The molecule has 3 aromatic rings. The molecule has 1 atom stereocenters. The number of ether oxygens (including phenoxy) is 1. The number of alkyl halides is 3. The van der Waals surface area contributed by atoms with Gasteiger partial charge in [-0.25, -0.2) is 22.9 Å². The summed E-state index contributed by atoms with van der Waals surface area (Å²) in [5, 5.41) is 9.15. The molecule has 0 fully saturated rings. The molecule has 9 nitrogen and oxygen atoms in total. The number of aryl methyl sites for hydroxylation is 2. The van der Waals surface area contributed by atoms with Crippen LogP contribution in [-0.2, 0) is 10.0 Å². The Labute approximate surface area is 217 Å². The van der Waals surface area contributed by atoms with Crippen LogP contribution >= 0.6 is 12.4 Å². The van der Waals surface area contributed by atoms with Crippen molar-refractivity contribution >= 4 is 34.3 Å². The fourth-order valence-electron chi connectivity index (χ4n) is 3.42. The van der Waals surface area contributed by atoms with Crippen LogP contribution < -0.4 is 15.2 Å². The highest BCUT2D eigenvalue weighted by molar-refractivity contribution is 7.92. The van der Waals surface area contributed by atoms with E-state index in [0.717, 1.165) is 17.2 Å². The van der Waals surface area contributed by atoms with Gasteiger partial charge >= 0.3 is 12.1 Å². The first kappa shape index (κ1) is 29.8. The number of rotatable bonds is 9. The summed E-state index contributed by atoms with van der Waals surface area (Å²) < 4.78 is 71.3. The Morgan fingerprint density at radius 3 is 2.32 bits per heavy atom. The second-order valence-electron chi connectivity index (χ2n) is 8.01. The van der Waals surface area contributed by atoms with Gasteiger partial charge in [-0.15, -0.1) is 12.4 Å². The van der Waals surface area contributed by atoms with Crippen LogP contribution in [0.25, 0.3) is 11.3 Å². The van der Waals surface area contributed by atoms with Gasteiger partial charge < -0.3 is 15.6 Å². The summed E-state index contributed by atoms with van der Waals surface area (Å²) in [7, 11) is -4.33. The van der Waals surface area contributed by atoms with Crippen molar-refractivity contribution in [2.24, 2.45) is 5.73 Å². The fraction of sp³-hybridized carbons (Fsp3) is 0.261. The number of benzene rings is 2. The highest BCUT2D eigenvalue weighted by atomic mass is 35.5. The molecule has 200 valence electrons. The molecule has 1 heterocycles. The highest BCUT2D eigenvalue weighted by Crippen LogP contribution is 2.29. The number of anilines is 1. The summed E-state index contributed by atoms with van der Waals surface area (Å²) in [5.74, 6) is -1.93. The van der Waals surface area contributed by atoms with Crippen LogP contribution in [0.1, 0.15) is 27.9 Å². The van der Waals surface area contributed by atoms with E-state index in [1.807, 2.05) is 32.0 Å². The van der Waals surface area contributed by atoms with Gasteiger partial charge in [0.1, 0.15) is 6.61 Å². The molecule has 1 aromatic heterocycles. The number of carboxylic acids is 1. The molecular weight excluding hydrogens is 537 g/mol. The lowest BCUT2D eigenvalue weighted by Gasteiger charge is -2.16. The molecule has 14 heteroatoms. The molecule has 3 rings (SSSR count). The number of aromatic nitrogens is 2. The average molecular weight is 561 g/mol. The number of nitrogens with one attached hydrogen (secondary N) is 1. The van der Waals surface area contributed by atoms with Crippen LogP contribution in [0, 0.1) is 13.8 Å². The maximum atomic E-state index is 12.9. The third-order valence-corrected chi connectivity index (χ3v) is 6.32. The molecule has 0 saturated carbocycles. The number of hydrogen-bond donors (Lipinski definition) is 3. The molecule has 4 N–H and O–H groups in total. The summed E-state index contributed by atoms with van der Waals surface area (Å²) in [6.07, 6.45) is -5.76. The average Bonchev–Trinajstić information content (AvgIpc) is 2.76. The number of aromatic carboxylic acids is 1. The van der Waals surface area contributed by atoms with Gasteiger partial charge in [0.25, 0.3) is 10.0 Å². The molecule has 0 aliphatic heterocycles. The van der Waals surface area contributed by atoms with Gasteiger partial charge in [0.2, 0.25) is 11.8 Å². The van der Waals surface area contributed by atoms with E-state index in [0.29, 0.717) is 5.56 Å². The van der Waals surface area contributed by atoms with E-state index >= 15 is 0 Å². The van der Waals surface area contributed by atoms with E-state index in [1.165, 1.54) is 24.3 Å². The molecule has 0 aliphatic carbocycles. The first-order chi connectivity index (χ1) is 16.7. The summed E-state index contributed by atoms with van der Waals surface area (Å²) in [6.45, 7) is 3.09. The maximum Gasteiger partial charge on any atom is 0.390 e. The van der Waals surface area contributed by atoms with Crippen LogP contribution in [0.5, 0.6) is 5.88 Å². The molecule has 0 bridgehead atoms.